The lowest BCUT2D eigenvalue weighted by Gasteiger charge is -2.33. The summed E-state index contributed by atoms with van der Waals surface area (Å²) in [6, 6.07) is 7.46. The quantitative estimate of drug-likeness (QED) is 0.443. The van der Waals surface area contributed by atoms with Gasteiger partial charge in [-0.15, -0.1) is 0 Å². The highest BCUT2D eigenvalue weighted by Crippen LogP contribution is 2.21. The van der Waals surface area contributed by atoms with E-state index >= 15 is 0 Å². The number of carbonyl (C=O) groups is 1. The molecule has 0 radical (unpaired) electrons. The summed E-state index contributed by atoms with van der Waals surface area (Å²) in [4.78, 5) is 14.8. The lowest BCUT2D eigenvalue weighted by molar-refractivity contribution is 0.0904. The van der Waals surface area contributed by atoms with E-state index in [0.29, 0.717) is 18.7 Å². The summed E-state index contributed by atoms with van der Waals surface area (Å²) in [7, 11) is 1.62. The predicted molar refractivity (Wildman–Crippen MR) is 119 cm³/mol. The Bertz CT molecular complexity index is 647. The van der Waals surface area contributed by atoms with Gasteiger partial charge in [-0.3, -0.25) is 4.79 Å². The van der Waals surface area contributed by atoms with Crippen molar-refractivity contribution in [2.75, 3.05) is 39.9 Å². The lowest BCUT2D eigenvalue weighted by Crippen LogP contribution is -2.40. The second kappa shape index (κ2) is 12.7. The number of amides is 1. The Kier molecular flexibility index (Phi) is 10.2. The van der Waals surface area contributed by atoms with E-state index in [4.69, 9.17) is 9.47 Å². The molecule has 1 saturated heterocycles. The van der Waals surface area contributed by atoms with Crippen LogP contribution in [-0.4, -0.2) is 56.8 Å². The van der Waals surface area contributed by atoms with Crippen LogP contribution in [0.15, 0.2) is 35.9 Å². The number of ether oxygens (including phenoxy) is 2. The van der Waals surface area contributed by atoms with Gasteiger partial charge in [0.2, 0.25) is 0 Å². The van der Waals surface area contributed by atoms with Gasteiger partial charge in [0, 0.05) is 38.9 Å². The molecule has 1 amide bonds. The molecule has 1 aliphatic heterocycles. The number of hydrogen-bond donors (Lipinski definition) is 1. The number of carbonyl (C=O) groups excluding carboxylic acids is 1. The standard InChI is InChI=1S/C24H38N2O3/c1-19(2)7-5-8-20(3)18-26-14-11-22(12-15-26)29-23-10-6-9-21(17-23)24(27)25-13-16-28-4/h6-7,9-10,17,20,22H,5,8,11-16,18H2,1-4H3,(H,25,27). The predicted octanol–water partition coefficient (Wildman–Crippen LogP) is 4.29. The fourth-order valence-corrected chi connectivity index (χ4v) is 3.67. The summed E-state index contributed by atoms with van der Waals surface area (Å²) in [5, 5.41) is 2.85. The zero-order chi connectivity index (χ0) is 21.1. The lowest BCUT2D eigenvalue weighted by atomic mass is 10.0. The maximum absolute atomic E-state index is 12.2. The first-order chi connectivity index (χ1) is 14.0. The van der Waals surface area contributed by atoms with Gasteiger partial charge in [0.05, 0.1) is 6.61 Å². The van der Waals surface area contributed by atoms with E-state index in [1.165, 1.54) is 25.0 Å². The zero-order valence-corrected chi connectivity index (χ0v) is 18.6. The van der Waals surface area contributed by atoms with Crippen LogP contribution >= 0.6 is 0 Å². The molecule has 0 spiro atoms. The molecule has 5 heteroatoms. The highest BCUT2D eigenvalue weighted by Gasteiger charge is 2.22. The zero-order valence-electron chi connectivity index (χ0n) is 18.6. The molecule has 1 atom stereocenters. The summed E-state index contributed by atoms with van der Waals surface area (Å²) < 4.78 is 11.1. The Balaban J connectivity index is 1.74. The molecule has 1 aliphatic rings. The highest BCUT2D eigenvalue weighted by atomic mass is 16.5. The van der Waals surface area contributed by atoms with Crippen molar-refractivity contribution in [3.8, 4) is 5.75 Å². The Labute approximate surface area is 176 Å². The van der Waals surface area contributed by atoms with E-state index in [9.17, 15) is 4.79 Å². The fraction of sp³-hybridized carbons (Fsp3) is 0.625. The molecule has 0 aliphatic carbocycles. The molecule has 0 bridgehead atoms. The monoisotopic (exact) mass is 402 g/mol. The van der Waals surface area contributed by atoms with Crippen molar-refractivity contribution in [3.05, 3.63) is 41.5 Å². The van der Waals surface area contributed by atoms with Gasteiger partial charge in [-0.05, 0) is 63.6 Å². The molecule has 1 aromatic carbocycles. The third kappa shape index (κ3) is 9.01. The van der Waals surface area contributed by atoms with Gasteiger partial charge < -0.3 is 19.7 Å². The molecular weight excluding hydrogens is 364 g/mol. The van der Waals surface area contributed by atoms with E-state index in [2.05, 4.69) is 37.1 Å². The van der Waals surface area contributed by atoms with Crippen molar-refractivity contribution in [2.24, 2.45) is 5.92 Å². The number of nitrogens with zero attached hydrogens (tertiary/aromatic N) is 1. The van der Waals surface area contributed by atoms with Gasteiger partial charge >= 0.3 is 0 Å². The van der Waals surface area contributed by atoms with Crippen LogP contribution < -0.4 is 10.1 Å². The molecule has 1 unspecified atom stereocenters. The number of likely N-dealkylation sites (tertiary alicyclic amines) is 1. The second-order valence-electron chi connectivity index (χ2n) is 8.36. The van der Waals surface area contributed by atoms with Gasteiger partial charge in [0.25, 0.3) is 5.91 Å². The van der Waals surface area contributed by atoms with E-state index in [0.717, 1.165) is 37.6 Å². The molecule has 1 fully saturated rings. The first-order valence-corrected chi connectivity index (χ1v) is 10.9. The largest absolute Gasteiger partial charge is 0.490 e. The number of piperidine rings is 1. The number of methoxy groups -OCH3 is 1. The van der Waals surface area contributed by atoms with Gasteiger partial charge in [0.15, 0.2) is 0 Å². The molecular formula is C24H38N2O3. The average molecular weight is 403 g/mol. The maximum atomic E-state index is 12.2. The number of allylic oxidation sites excluding steroid dienone is 2. The number of hydrogen-bond acceptors (Lipinski definition) is 4. The summed E-state index contributed by atoms with van der Waals surface area (Å²) in [6.07, 6.45) is 7.05. The van der Waals surface area contributed by atoms with Crippen LogP contribution in [0.3, 0.4) is 0 Å². The van der Waals surface area contributed by atoms with Crippen LogP contribution in [0.25, 0.3) is 0 Å². The molecule has 1 heterocycles. The van der Waals surface area contributed by atoms with Gasteiger partial charge in [0.1, 0.15) is 11.9 Å². The Morgan fingerprint density at radius 3 is 2.76 bits per heavy atom. The molecule has 0 aromatic heterocycles. The van der Waals surface area contributed by atoms with Crippen LogP contribution in [0.5, 0.6) is 5.75 Å². The van der Waals surface area contributed by atoms with E-state index < -0.39 is 0 Å². The van der Waals surface area contributed by atoms with Crippen molar-refractivity contribution < 1.29 is 14.3 Å². The summed E-state index contributed by atoms with van der Waals surface area (Å²) in [5.74, 6) is 1.40. The topological polar surface area (TPSA) is 50.8 Å². The van der Waals surface area contributed by atoms with E-state index in [1.54, 1.807) is 7.11 Å². The normalized spacial score (nSPS) is 16.3. The van der Waals surface area contributed by atoms with E-state index in [-0.39, 0.29) is 12.0 Å². The Morgan fingerprint density at radius 1 is 1.31 bits per heavy atom. The third-order valence-electron chi connectivity index (χ3n) is 5.31. The van der Waals surface area contributed by atoms with Gasteiger partial charge in [-0.1, -0.05) is 24.6 Å². The number of rotatable bonds is 11. The minimum Gasteiger partial charge on any atom is -0.490 e. The first-order valence-electron chi connectivity index (χ1n) is 10.9. The van der Waals surface area contributed by atoms with Gasteiger partial charge in [-0.25, -0.2) is 0 Å². The molecule has 1 aromatic rings. The third-order valence-corrected chi connectivity index (χ3v) is 5.31. The Hall–Kier alpha value is -1.85. The molecule has 162 valence electrons. The maximum Gasteiger partial charge on any atom is 0.251 e. The minimum absolute atomic E-state index is 0.0931. The first kappa shape index (κ1) is 23.4. The second-order valence-corrected chi connectivity index (χ2v) is 8.36. The molecule has 1 N–H and O–H groups in total. The molecule has 0 saturated carbocycles. The van der Waals surface area contributed by atoms with Crippen LogP contribution in [0, 0.1) is 5.92 Å². The van der Waals surface area contributed by atoms with Crippen molar-refractivity contribution in [2.45, 2.75) is 52.6 Å². The van der Waals surface area contributed by atoms with Crippen LogP contribution in [0.1, 0.15) is 56.8 Å². The van der Waals surface area contributed by atoms with Crippen LogP contribution in [-0.2, 0) is 4.74 Å². The molecule has 5 nitrogen and oxygen atoms in total. The summed E-state index contributed by atoms with van der Waals surface area (Å²) in [5.41, 5.74) is 2.04. The SMILES string of the molecule is COCCNC(=O)c1cccc(OC2CCN(CC(C)CCC=C(C)C)CC2)c1. The van der Waals surface area contributed by atoms with Crippen LogP contribution in [0.4, 0.5) is 0 Å². The smallest absolute Gasteiger partial charge is 0.251 e. The number of nitrogens with one attached hydrogen (secondary N) is 1. The Morgan fingerprint density at radius 2 is 2.07 bits per heavy atom. The van der Waals surface area contributed by atoms with Crippen molar-refractivity contribution in [1.29, 1.82) is 0 Å². The summed E-state index contributed by atoms with van der Waals surface area (Å²) in [6.45, 7) is 11.0. The van der Waals surface area contributed by atoms with Crippen molar-refractivity contribution in [3.63, 3.8) is 0 Å². The van der Waals surface area contributed by atoms with Crippen molar-refractivity contribution >= 4 is 5.91 Å². The van der Waals surface area contributed by atoms with Crippen molar-refractivity contribution in [1.82, 2.24) is 10.2 Å². The van der Waals surface area contributed by atoms with Crippen LogP contribution in [0.2, 0.25) is 0 Å². The average Bonchev–Trinajstić information content (AvgIpc) is 2.69. The summed E-state index contributed by atoms with van der Waals surface area (Å²) >= 11 is 0. The number of benzene rings is 1. The van der Waals surface area contributed by atoms with E-state index in [1.807, 2.05) is 24.3 Å². The fourth-order valence-electron chi connectivity index (χ4n) is 3.67. The molecule has 29 heavy (non-hydrogen) atoms. The van der Waals surface area contributed by atoms with Gasteiger partial charge in [-0.2, -0.15) is 0 Å². The highest BCUT2D eigenvalue weighted by molar-refractivity contribution is 5.94. The molecule has 2 rings (SSSR count). The minimum atomic E-state index is -0.0931.